The van der Waals surface area contributed by atoms with E-state index in [0.29, 0.717) is 5.82 Å². The Bertz CT molecular complexity index is 1030. The average molecular weight is 366 g/mol. The van der Waals surface area contributed by atoms with E-state index in [1.165, 1.54) is 16.7 Å². The lowest BCUT2D eigenvalue weighted by Gasteiger charge is -2.10. The summed E-state index contributed by atoms with van der Waals surface area (Å²) in [7, 11) is 0. The Morgan fingerprint density at radius 2 is 1.25 bits per heavy atom. The van der Waals surface area contributed by atoms with Crippen molar-refractivity contribution in [3.8, 4) is 22.4 Å². The monoisotopic (exact) mass is 366 g/mol. The Morgan fingerprint density at radius 1 is 0.643 bits per heavy atom. The molecule has 4 nitrogen and oxygen atoms in total. The maximum atomic E-state index is 5.64. The first kappa shape index (κ1) is 17.9. The summed E-state index contributed by atoms with van der Waals surface area (Å²) in [5, 5.41) is 8.54. The van der Waals surface area contributed by atoms with Crippen LogP contribution in [-0.4, -0.2) is 10.2 Å². The number of hydrazine groups is 1. The molecule has 0 aliphatic carbocycles. The van der Waals surface area contributed by atoms with Crippen LogP contribution in [0.2, 0.25) is 0 Å². The number of aryl methyl sites for hydroxylation is 2. The van der Waals surface area contributed by atoms with E-state index in [4.69, 9.17) is 5.84 Å². The number of benzene rings is 3. The lowest BCUT2D eigenvalue weighted by molar-refractivity contribution is 0.920. The van der Waals surface area contributed by atoms with Crippen LogP contribution in [-0.2, 0) is 12.8 Å². The minimum atomic E-state index is 0.626. The third kappa shape index (κ3) is 4.08. The number of anilines is 1. The highest BCUT2D eigenvalue weighted by molar-refractivity contribution is 5.64. The fraction of sp³-hybridized carbons (Fsp3) is 0.0833. The normalized spacial score (nSPS) is 10.6. The molecule has 4 aromatic rings. The molecule has 0 saturated carbocycles. The van der Waals surface area contributed by atoms with Gasteiger partial charge in [0.2, 0.25) is 0 Å². The molecule has 0 aliphatic rings. The summed E-state index contributed by atoms with van der Waals surface area (Å²) in [6, 6.07) is 31.3. The van der Waals surface area contributed by atoms with Crippen molar-refractivity contribution in [3.05, 3.63) is 102 Å². The molecule has 0 atom stereocenters. The molecule has 0 bridgehead atoms. The summed E-state index contributed by atoms with van der Waals surface area (Å²) in [5.41, 5.74) is 9.37. The van der Waals surface area contributed by atoms with Gasteiger partial charge in [-0.1, -0.05) is 84.9 Å². The van der Waals surface area contributed by atoms with Crippen LogP contribution in [0.5, 0.6) is 0 Å². The second-order valence-electron chi connectivity index (χ2n) is 6.68. The van der Waals surface area contributed by atoms with Crippen LogP contribution in [0.25, 0.3) is 22.4 Å². The molecule has 1 aromatic heterocycles. The first-order valence-corrected chi connectivity index (χ1v) is 9.36. The molecular formula is C24H22N4. The summed E-state index contributed by atoms with van der Waals surface area (Å²) in [4.78, 5) is 0. The van der Waals surface area contributed by atoms with E-state index < -0.39 is 0 Å². The van der Waals surface area contributed by atoms with Crippen LogP contribution in [0, 0.1) is 0 Å². The SMILES string of the molecule is NNc1nnc(-c2ccccc2)cc1CCc1ccc(-c2ccccc2)cc1. The topological polar surface area (TPSA) is 63.8 Å². The summed E-state index contributed by atoms with van der Waals surface area (Å²) in [5.74, 6) is 6.27. The molecule has 0 fully saturated rings. The molecule has 138 valence electrons. The van der Waals surface area contributed by atoms with Gasteiger partial charge in [-0.3, -0.25) is 0 Å². The van der Waals surface area contributed by atoms with Crippen molar-refractivity contribution < 1.29 is 0 Å². The Morgan fingerprint density at radius 3 is 1.89 bits per heavy atom. The van der Waals surface area contributed by atoms with Gasteiger partial charge in [0.15, 0.2) is 5.82 Å². The van der Waals surface area contributed by atoms with Gasteiger partial charge in [0.25, 0.3) is 0 Å². The van der Waals surface area contributed by atoms with Gasteiger partial charge in [-0.2, -0.15) is 0 Å². The zero-order chi connectivity index (χ0) is 19.2. The molecule has 0 aliphatic heterocycles. The van der Waals surface area contributed by atoms with Crippen molar-refractivity contribution in [2.24, 2.45) is 5.84 Å². The highest BCUT2D eigenvalue weighted by Gasteiger charge is 2.08. The Hall–Kier alpha value is -3.50. The van der Waals surface area contributed by atoms with Crippen LogP contribution in [0.15, 0.2) is 91.0 Å². The summed E-state index contributed by atoms with van der Waals surface area (Å²) in [6.45, 7) is 0. The van der Waals surface area contributed by atoms with Crippen molar-refractivity contribution in [2.45, 2.75) is 12.8 Å². The smallest absolute Gasteiger partial charge is 0.165 e. The molecule has 0 radical (unpaired) electrons. The lowest BCUT2D eigenvalue weighted by Crippen LogP contribution is -2.13. The number of rotatable bonds is 6. The minimum Gasteiger partial charge on any atom is -0.307 e. The lowest BCUT2D eigenvalue weighted by atomic mass is 10.00. The zero-order valence-corrected chi connectivity index (χ0v) is 15.5. The number of hydrogen-bond donors (Lipinski definition) is 2. The predicted octanol–water partition coefficient (Wildman–Crippen LogP) is 4.88. The minimum absolute atomic E-state index is 0.626. The molecule has 3 aromatic carbocycles. The van der Waals surface area contributed by atoms with Crippen molar-refractivity contribution in [1.29, 1.82) is 0 Å². The summed E-state index contributed by atoms with van der Waals surface area (Å²) >= 11 is 0. The number of nitrogen functional groups attached to an aromatic ring is 1. The molecule has 0 amide bonds. The van der Waals surface area contributed by atoms with Crippen molar-refractivity contribution >= 4 is 5.82 Å². The van der Waals surface area contributed by atoms with E-state index in [1.807, 2.05) is 36.4 Å². The molecule has 0 spiro atoms. The van der Waals surface area contributed by atoms with Crippen LogP contribution in [0.3, 0.4) is 0 Å². The van der Waals surface area contributed by atoms with Gasteiger partial charge in [-0.25, -0.2) is 5.84 Å². The van der Waals surface area contributed by atoms with E-state index in [9.17, 15) is 0 Å². The van der Waals surface area contributed by atoms with Gasteiger partial charge in [-0.15, -0.1) is 10.2 Å². The number of nitrogens with zero attached hydrogens (tertiary/aromatic N) is 2. The average Bonchev–Trinajstić information content (AvgIpc) is 2.79. The number of hydrogen-bond acceptors (Lipinski definition) is 4. The summed E-state index contributed by atoms with van der Waals surface area (Å²) < 4.78 is 0. The second kappa shape index (κ2) is 8.46. The second-order valence-corrected chi connectivity index (χ2v) is 6.68. The largest absolute Gasteiger partial charge is 0.307 e. The Balaban J connectivity index is 1.51. The number of nitrogens with one attached hydrogen (secondary N) is 1. The molecule has 3 N–H and O–H groups in total. The van der Waals surface area contributed by atoms with Crippen molar-refractivity contribution in [1.82, 2.24) is 10.2 Å². The van der Waals surface area contributed by atoms with Gasteiger partial charge in [0.1, 0.15) is 0 Å². The third-order valence-corrected chi connectivity index (χ3v) is 4.82. The van der Waals surface area contributed by atoms with Crippen LogP contribution < -0.4 is 11.3 Å². The standard InChI is InChI=1S/C24H22N4/c25-26-24-22(17-23(27-28-24)21-9-5-2-6-10-21)16-13-18-11-14-20(15-12-18)19-7-3-1-4-8-19/h1-12,14-15,17H,13,16,25H2,(H,26,28). The maximum absolute atomic E-state index is 5.64. The van der Waals surface area contributed by atoms with E-state index in [1.54, 1.807) is 0 Å². The number of aromatic nitrogens is 2. The first-order chi connectivity index (χ1) is 13.8. The van der Waals surface area contributed by atoms with Gasteiger partial charge < -0.3 is 5.43 Å². The fourth-order valence-electron chi connectivity index (χ4n) is 3.27. The number of nitrogens with two attached hydrogens (primary N) is 1. The van der Waals surface area contributed by atoms with Gasteiger partial charge >= 0.3 is 0 Å². The molecule has 1 heterocycles. The maximum Gasteiger partial charge on any atom is 0.165 e. The van der Waals surface area contributed by atoms with Gasteiger partial charge in [-0.05, 0) is 35.6 Å². The van der Waals surface area contributed by atoms with Crippen molar-refractivity contribution in [3.63, 3.8) is 0 Å². The quantitative estimate of drug-likeness (QED) is 0.377. The van der Waals surface area contributed by atoms with Crippen LogP contribution in [0.4, 0.5) is 5.82 Å². The fourth-order valence-corrected chi connectivity index (χ4v) is 3.27. The van der Waals surface area contributed by atoms with Crippen LogP contribution >= 0.6 is 0 Å². The first-order valence-electron chi connectivity index (χ1n) is 9.36. The third-order valence-electron chi connectivity index (χ3n) is 4.82. The highest BCUT2D eigenvalue weighted by Crippen LogP contribution is 2.23. The summed E-state index contributed by atoms with van der Waals surface area (Å²) in [6.07, 6.45) is 1.74. The van der Waals surface area contributed by atoms with E-state index in [0.717, 1.165) is 29.7 Å². The molecular weight excluding hydrogens is 344 g/mol. The predicted molar refractivity (Wildman–Crippen MR) is 115 cm³/mol. The molecule has 0 unspecified atom stereocenters. The molecule has 4 rings (SSSR count). The highest BCUT2D eigenvalue weighted by atomic mass is 15.3. The molecule has 0 saturated heterocycles. The van der Waals surface area contributed by atoms with E-state index in [2.05, 4.69) is 70.2 Å². The zero-order valence-electron chi connectivity index (χ0n) is 15.5. The van der Waals surface area contributed by atoms with Gasteiger partial charge in [0, 0.05) is 11.1 Å². The molecule has 4 heteroatoms. The Labute approximate surface area is 165 Å². The Kier molecular flexibility index (Phi) is 5.41. The van der Waals surface area contributed by atoms with E-state index >= 15 is 0 Å². The molecule has 28 heavy (non-hydrogen) atoms. The van der Waals surface area contributed by atoms with E-state index in [-0.39, 0.29) is 0 Å². The van der Waals surface area contributed by atoms with Crippen molar-refractivity contribution in [2.75, 3.05) is 5.43 Å². The van der Waals surface area contributed by atoms with Gasteiger partial charge in [0.05, 0.1) is 5.69 Å². The van der Waals surface area contributed by atoms with Crippen LogP contribution in [0.1, 0.15) is 11.1 Å².